The third-order valence-corrected chi connectivity index (χ3v) is 2.13. The molecule has 4 heteroatoms. The second-order valence-electron chi connectivity index (χ2n) is 2.91. The first-order valence-electron chi connectivity index (χ1n) is 4.71. The molecule has 0 rings (SSSR count). The zero-order valence-corrected chi connectivity index (χ0v) is 9.32. The first-order valence-corrected chi connectivity index (χ1v) is 5.68. The van der Waals surface area contributed by atoms with E-state index in [9.17, 15) is 5.11 Å². The van der Waals surface area contributed by atoms with Gasteiger partial charge in [-0.3, -0.25) is 0 Å². The standard InChI is InChI=1S/C9H17Cl2O2/c10-6-2-4-8-13-7-3-1-5-9(11)12/h9H,1-8H2. The molecule has 2 nitrogen and oxygen atoms in total. The Bertz CT molecular complexity index is 99.6. The van der Waals surface area contributed by atoms with Crippen molar-refractivity contribution in [1.29, 1.82) is 0 Å². The summed E-state index contributed by atoms with van der Waals surface area (Å²) in [6.45, 7) is 1.50. The van der Waals surface area contributed by atoms with Crippen molar-refractivity contribution in [1.82, 2.24) is 0 Å². The smallest absolute Gasteiger partial charge is 0.166 e. The van der Waals surface area contributed by atoms with Gasteiger partial charge in [-0.05, 0) is 32.1 Å². The molecule has 1 unspecified atom stereocenters. The van der Waals surface area contributed by atoms with Crippen LogP contribution >= 0.6 is 23.2 Å². The third kappa shape index (κ3) is 12.5. The van der Waals surface area contributed by atoms with Crippen molar-refractivity contribution in [3.8, 4) is 0 Å². The fourth-order valence-electron chi connectivity index (χ4n) is 0.910. The highest BCUT2D eigenvalue weighted by Crippen LogP contribution is 2.04. The van der Waals surface area contributed by atoms with E-state index in [0.717, 1.165) is 38.9 Å². The zero-order valence-electron chi connectivity index (χ0n) is 7.81. The van der Waals surface area contributed by atoms with E-state index in [0.29, 0.717) is 12.3 Å². The quantitative estimate of drug-likeness (QED) is 0.440. The molecule has 0 saturated carbocycles. The summed E-state index contributed by atoms with van der Waals surface area (Å²) in [5.41, 5.74) is -0.948. The Morgan fingerprint density at radius 2 is 1.69 bits per heavy atom. The highest BCUT2D eigenvalue weighted by Gasteiger charge is 1.98. The second-order valence-corrected chi connectivity index (χ2v) is 3.78. The number of ether oxygens (including phenoxy) is 1. The lowest BCUT2D eigenvalue weighted by Crippen LogP contribution is -1.99. The largest absolute Gasteiger partial charge is 0.381 e. The number of unbranched alkanes of at least 4 members (excludes halogenated alkanes) is 2. The van der Waals surface area contributed by atoms with Crippen molar-refractivity contribution in [2.75, 3.05) is 19.1 Å². The molecule has 0 aromatic carbocycles. The fourth-order valence-corrected chi connectivity index (χ4v) is 1.25. The van der Waals surface area contributed by atoms with Crippen LogP contribution < -0.4 is 0 Å². The maximum Gasteiger partial charge on any atom is 0.166 e. The normalized spacial score (nSPS) is 13.2. The first-order chi connectivity index (χ1) is 6.27. The Balaban J connectivity index is 2.84. The van der Waals surface area contributed by atoms with Crippen LogP contribution in [-0.2, 0) is 9.84 Å². The number of alkyl halides is 2. The molecule has 0 bridgehead atoms. The molecule has 79 valence electrons. The lowest BCUT2D eigenvalue weighted by molar-refractivity contribution is 0.117. The van der Waals surface area contributed by atoms with Crippen molar-refractivity contribution >= 4 is 23.2 Å². The van der Waals surface area contributed by atoms with Crippen LogP contribution in [0.3, 0.4) is 0 Å². The van der Waals surface area contributed by atoms with Gasteiger partial charge in [0.2, 0.25) is 0 Å². The summed E-state index contributed by atoms with van der Waals surface area (Å²) >= 11 is 10.7. The lowest BCUT2D eigenvalue weighted by Gasteiger charge is -2.03. The van der Waals surface area contributed by atoms with Gasteiger partial charge in [0.05, 0.1) is 0 Å². The van der Waals surface area contributed by atoms with Crippen LogP contribution in [0.1, 0.15) is 32.1 Å². The first kappa shape index (κ1) is 13.5. The molecule has 0 saturated heterocycles. The summed E-state index contributed by atoms with van der Waals surface area (Å²) in [4.78, 5) is 0. The Kier molecular flexibility index (Phi) is 11.0. The monoisotopic (exact) mass is 227 g/mol. The number of hydrogen-bond acceptors (Lipinski definition) is 1. The Labute approximate surface area is 90.2 Å². The molecule has 13 heavy (non-hydrogen) atoms. The molecule has 0 fully saturated rings. The zero-order chi connectivity index (χ0) is 9.94. The van der Waals surface area contributed by atoms with Gasteiger partial charge in [0.25, 0.3) is 0 Å². The summed E-state index contributed by atoms with van der Waals surface area (Å²) in [5.74, 6) is 0.702. The van der Waals surface area contributed by atoms with Crippen LogP contribution in [0.4, 0.5) is 0 Å². The lowest BCUT2D eigenvalue weighted by atomic mass is 10.2. The van der Waals surface area contributed by atoms with Crippen LogP contribution in [0, 0.1) is 0 Å². The molecule has 1 radical (unpaired) electrons. The molecule has 0 aromatic heterocycles. The van der Waals surface area contributed by atoms with E-state index in [2.05, 4.69) is 0 Å². The Hall–Kier alpha value is 0.500. The molecular formula is C9H17Cl2O2. The molecule has 0 amide bonds. The van der Waals surface area contributed by atoms with E-state index in [1.165, 1.54) is 0 Å². The average Bonchev–Trinajstić information content (AvgIpc) is 2.09. The van der Waals surface area contributed by atoms with Crippen molar-refractivity contribution in [3.05, 3.63) is 0 Å². The SMILES string of the molecule is [O]C(Cl)CCCCOCCCCCl. The Morgan fingerprint density at radius 3 is 2.23 bits per heavy atom. The van der Waals surface area contributed by atoms with E-state index in [-0.39, 0.29) is 0 Å². The van der Waals surface area contributed by atoms with Gasteiger partial charge < -0.3 is 4.74 Å². The van der Waals surface area contributed by atoms with Crippen molar-refractivity contribution in [2.45, 2.75) is 37.7 Å². The van der Waals surface area contributed by atoms with Gasteiger partial charge in [-0.25, -0.2) is 5.11 Å². The minimum Gasteiger partial charge on any atom is -0.381 e. The van der Waals surface area contributed by atoms with Crippen LogP contribution in [0.15, 0.2) is 0 Å². The highest BCUT2D eigenvalue weighted by molar-refractivity contribution is 6.19. The minimum absolute atomic E-state index is 0.534. The highest BCUT2D eigenvalue weighted by atomic mass is 35.5. The van der Waals surface area contributed by atoms with Crippen molar-refractivity contribution in [2.24, 2.45) is 0 Å². The summed E-state index contributed by atoms with van der Waals surface area (Å²) in [6.07, 6.45) is 4.33. The van der Waals surface area contributed by atoms with E-state index in [1.807, 2.05) is 0 Å². The molecule has 0 aliphatic heterocycles. The van der Waals surface area contributed by atoms with Gasteiger partial charge >= 0.3 is 0 Å². The average molecular weight is 228 g/mol. The van der Waals surface area contributed by atoms with Gasteiger partial charge in [-0.1, -0.05) is 11.6 Å². The van der Waals surface area contributed by atoms with Gasteiger partial charge in [0.15, 0.2) is 5.56 Å². The van der Waals surface area contributed by atoms with E-state index in [1.54, 1.807) is 0 Å². The van der Waals surface area contributed by atoms with E-state index in [4.69, 9.17) is 27.9 Å². The van der Waals surface area contributed by atoms with Crippen LogP contribution in [0.2, 0.25) is 0 Å². The van der Waals surface area contributed by atoms with E-state index < -0.39 is 5.56 Å². The van der Waals surface area contributed by atoms with Crippen LogP contribution in [-0.4, -0.2) is 24.7 Å². The Morgan fingerprint density at radius 1 is 1.08 bits per heavy atom. The summed E-state index contributed by atoms with van der Waals surface area (Å²) in [6, 6.07) is 0. The van der Waals surface area contributed by atoms with Gasteiger partial charge in [-0.15, -0.1) is 11.6 Å². The third-order valence-electron chi connectivity index (χ3n) is 1.64. The minimum atomic E-state index is -0.948. The topological polar surface area (TPSA) is 29.1 Å². The molecule has 0 aliphatic carbocycles. The van der Waals surface area contributed by atoms with Crippen LogP contribution in [0.25, 0.3) is 0 Å². The maximum absolute atomic E-state index is 10.4. The van der Waals surface area contributed by atoms with Crippen molar-refractivity contribution in [3.63, 3.8) is 0 Å². The van der Waals surface area contributed by atoms with Crippen LogP contribution in [0.5, 0.6) is 0 Å². The number of hydrogen-bond donors (Lipinski definition) is 0. The molecule has 0 aromatic rings. The summed E-state index contributed by atoms with van der Waals surface area (Å²) in [5, 5.41) is 10.4. The van der Waals surface area contributed by atoms with E-state index >= 15 is 0 Å². The molecule has 1 atom stereocenters. The van der Waals surface area contributed by atoms with Crippen molar-refractivity contribution < 1.29 is 9.84 Å². The summed E-state index contributed by atoms with van der Waals surface area (Å²) < 4.78 is 5.31. The molecule has 0 heterocycles. The molecule has 0 N–H and O–H groups in total. The predicted octanol–water partition coefficient (Wildman–Crippen LogP) is 3.19. The van der Waals surface area contributed by atoms with Gasteiger partial charge in [-0.2, -0.15) is 0 Å². The summed E-state index contributed by atoms with van der Waals surface area (Å²) in [7, 11) is 0. The number of rotatable bonds is 9. The second kappa shape index (κ2) is 10.6. The number of halogens is 2. The fraction of sp³-hybridized carbons (Fsp3) is 1.00. The molecule has 0 aliphatic rings. The van der Waals surface area contributed by atoms with Gasteiger partial charge in [0.1, 0.15) is 0 Å². The predicted molar refractivity (Wildman–Crippen MR) is 55.0 cm³/mol. The molecular weight excluding hydrogens is 211 g/mol. The van der Waals surface area contributed by atoms with Gasteiger partial charge in [0, 0.05) is 19.1 Å². The molecule has 0 spiro atoms. The maximum atomic E-state index is 10.4.